The molecular formula is C16H12F3N3O. The van der Waals surface area contributed by atoms with Crippen LogP contribution in [0.25, 0.3) is 5.65 Å². The molecule has 0 bridgehead atoms. The molecule has 0 spiro atoms. The fraction of sp³-hybridized carbons (Fsp3) is 0.125. The van der Waals surface area contributed by atoms with Gasteiger partial charge in [-0.1, -0.05) is 6.07 Å². The van der Waals surface area contributed by atoms with Crippen molar-refractivity contribution >= 4 is 11.6 Å². The van der Waals surface area contributed by atoms with Crippen LogP contribution in [0.3, 0.4) is 0 Å². The van der Waals surface area contributed by atoms with Gasteiger partial charge in [0.05, 0.1) is 17.8 Å². The van der Waals surface area contributed by atoms with Crippen LogP contribution in [0, 0.1) is 24.4 Å². The van der Waals surface area contributed by atoms with E-state index in [-0.39, 0.29) is 6.54 Å². The number of aromatic nitrogens is 2. The smallest absolute Gasteiger partial charge is 0.254 e. The van der Waals surface area contributed by atoms with Crippen LogP contribution in [0.4, 0.5) is 13.2 Å². The highest BCUT2D eigenvalue weighted by Crippen LogP contribution is 2.15. The molecule has 0 radical (unpaired) electrons. The van der Waals surface area contributed by atoms with Gasteiger partial charge in [-0.25, -0.2) is 18.2 Å². The van der Waals surface area contributed by atoms with Gasteiger partial charge in [-0.3, -0.25) is 4.79 Å². The van der Waals surface area contributed by atoms with Crippen molar-refractivity contribution < 1.29 is 18.0 Å². The molecule has 3 aromatic rings. The molecule has 0 fully saturated rings. The molecule has 0 aliphatic rings. The Balaban J connectivity index is 1.78. The Bertz CT molecular complexity index is 905. The number of fused-ring (bicyclic) bond motifs is 1. The zero-order chi connectivity index (χ0) is 16.6. The quantitative estimate of drug-likeness (QED) is 0.755. The maximum absolute atomic E-state index is 13.6. The maximum Gasteiger partial charge on any atom is 0.254 e. The molecule has 0 aliphatic carbocycles. The topological polar surface area (TPSA) is 46.4 Å². The maximum atomic E-state index is 13.6. The highest BCUT2D eigenvalue weighted by atomic mass is 19.2. The Morgan fingerprint density at radius 3 is 2.70 bits per heavy atom. The normalized spacial score (nSPS) is 11.0. The molecule has 118 valence electrons. The third-order valence-corrected chi connectivity index (χ3v) is 3.46. The molecule has 1 N–H and O–H groups in total. The number of aryl methyl sites for hydroxylation is 1. The summed E-state index contributed by atoms with van der Waals surface area (Å²) in [6.45, 7) is 1.95. The molecule has 0 unspecified atom stereocenters. The average Bonchev–Trinajstić information content (AvgIpc) is 2.95. The number of carbonyl (C=O) groups is 1. The molecule has 2 aromatic heterocycles. The lowest BCUT2D eigenvalue weighted by Crippen LogP contribution is -2.24. The summed E-state index contributed by atoms with van der Waals surface area (Å²) in [7, 11) is 0. The van der Waals surface area contributed by atoms with Gasteiger partial charge in [0.1, 0.15) is 5.65 Å². The van der Waals surface area contributed by atoms with Crippen LogP contribution >= 0.6 is 0 Å². The number of halogens is 3. The number of pyridine rings is 1. The number of carbonyl (C=O) groups excluding carboxylic acids is 1. The molecule has 0 saturated heterocycles. The highest BCUT2D eigenvalue weighted by Gasteiger charge is 2.18. The summed E-state index contributed by atoms with van der Waals surface area (Å²) in [5, 5.41) is 2.44. The first-order valence-electron chi connectivity index (χ1n) is 6.82. The van der Waals surface area contributed by atoms with Crippen molar-refractivity contribution in [2.24, 2.45) is 0 Å². The van der Waals surface area contributed by atoms with Gasteiger partial charge < -0.3 is 9.72 Å². The van der Waals surface area contributed by atoms with E-state index in [2.05, 4.69) is 10.3 Å². The summed E-state index contributed by atoms with van der Waals surface area (Å²) in [5.74, 6) is -5.35. The molecule has 23 heavy (non-hydrogen) atoms. The summed E-state index contributed by atoms with van der Waals surface area (Å²) in [6.07, 6.45) is 1.74. The van der Waals surface area contributed by atoms with E-state index in [1.807, 2.05) is 29.5 Å². The van der Waals surface area contributed by atoms with Gasteiger partial charge >= 0.3 is 0 Å². The minimum Gasteiger partial charge on any atom is -0.346 e. The standard InChI is InChI=1S/C16H12F3N3O/c1-9-3-2-4-13-21-10(8-22(9)13)7-20-16(23)11-5-6-12(17)15(19)14(11)18/h2-6,8H,7H2,1H3,(H,20,23). The van der Waals surface area contributed by atoms with Crippen LogP contribution in [0.2, 0.25) is 0 Å². The molecule has 7 heteroatoms. The Kier molecular flexibility index (Phi) is 3.77. The third kappa shape index (κ3) is 2.77. The number of imidazole rings is 1. The number of hydrogen-bond donors (Lipinski definition) is 1. The Morgan fingerprint density at radius 1 is 1.17 bits per heavy atom. The van der Waals surface area contributed by atoms with Gasteiger partial charge in [0.25, 0.3) is 5.91 Å². The van der Waals surface area contributed by atoms with Crippen LogP contribution in [-0.4, -0.2) is 15.3 Å². The molecule has 0 aliphatic heterocycles. The summed E-state index contributed by atoms with van der Waals surface area (Å²) in [4.78, 5) is 16.2. The largest absolute Gasteiger partial charge is 0.346 e. The molecule has 0 atom stereocenters. The van der Waals surface area contributed by atoms with Crippen molar-refractivity contribution in [2.45, 2.75) is 13.5 Å². The molecule has 1 amide bonds. The first kappa shape index (κ1) is 15.1. The first-order chi connectivity index (χ1) is 11.0. The van der Waals surface area contributed by atoms with Crippen LogP contribution in [0.15, 0.2) is 36.5 Å². The van der Waals surface area contributed by atoms with Crippen LogP contribution in [-0.2, 0) is 6.54 Å². The van der Waals surface area contributed by atoms with Gasteiger partial charge in [-0.05, 0) is 31.2 Å². The average molecular weight is 319 g/mol. The second-order valence-corrected chi connectivity index (χ2v) is 5.03. The molecule has 0 saturated carbocycles. The van der Waals surface area contributed by atoms with Gasteiger partial charge in [-0.2, -0.15) is 0 Å². The van der Waals surface area contributed by atoms with E-state index in [4.69, 9.17) is 0 Å². The molecular weight excluding hydrogens is 307 g/mol. The van der Waals surface area contributed by atoms with E-state index in [9.17, 15) is 18.0 Å². The number of hydrogen-bond acceptors (Lipinski definition) is 2. The Hall–Kier alpha value is -2.83. The van der Waals surface area contributed by atoms with E-state index in [1.165, 1.54) is 0 Å². The third-order valence-electron chi connectivity index (χ3n) is 3.46. The van der Waals surface area contributed by atoms with Crippen molar-refractivity contribution in [3.63, 3.8) is 0 Å². The SMILES string of the molecule is Cc1cccc2nc(CNC(=O)c3ccc(F)c(F)c3F)cn12. The predicted octanol–water partition coefficient (Wildman–Crippen LogP) is 2.99. The summed E-state index contributed by atoms with van der Waals surface area (Å²) in [6, 6.07) is 7.19. The van der Waals surface area contributed by atoms with E-state index in [1.54, 1.807) is 6.20 Å². The van der Waals surface area contributed by atoms with Crippen molar-refractivity contribution in [2.75, 3.05) is 0 Å². The minimum atomic E-state index is -1.67. The number of amides is 1. The highest BCUT2D eigenvalue weighted by molar-refractivity contribution is 5.94. The zero-order valence-corrected chi connectivity index (χ0v) is 12.1. The minimum absolute atomic E-state index is 0.0401. The van der Waals surface area contributed by atoms with Crippen LogP contribution in [0.5, 0.6) is 0 Å². The fourth-order valence-corrected chi connectivity index (χ4v) is 2.25. The summed E-state index contributed by atoms with van der Waals surface area (Å²) < 4.78 is 41.4. The van der Waals surface area contributed by atoms with E-state index in [0.29, 0.717) is 17.4 Å². The van der Waals surface area contributed by atoms with Crippen molar-refractivity contribution in [3.8, 4) is 0 Å². The van der Waals surface area contributed by atoms with E-state index in [0.717, 1.165) is 11.8 Å². The zero-order valence-electron chi connectivity index (χ0n) is 12.1. The van der Waals surface area contributed by atoms with E-state index >= 15 is 0 Å². The molecule has 1 aromatic carbocycles. The second-order valence-electron chi connectivity index (χ2n) is 5.03. The van der Waals surface area contributed by atoms with Crippen molar-refractivity contribution in [1.29, 1.82) is 0 Å². The molecule has 2 heterocycles. The number of nitrogens with one attached hydrogen (secondary N) is 1. The number of benzene rings is 1. The lowest BCUT2D eigenvalue weighted by atomic mass is 10.2. The van der Waals surface area contributed by atoms with E-state index < -0.39 is 28.9 Å². The lowest BCUT2D eigenvalue weighted by Gasteiger charge is -2.05. The fourth-order valence-electron chi connectivity index (χ4n) is 2.25. The monoisotopic (exact) mass is 319 g/mol. The summed E-state index contributed by atoms with van der Waals surface area (Å²) in [5.41, 5.74) is 1.70. The number of rotatable bonds is 3. The Labute approximate surface area is 129 Å². The van der Waals surface area contributed by atoms with Gasteiger partial charge in [0.2, 0.25) is 0 Å². The van der Waals surface area contributed by atoms with Crippen LogP contribution < -0.4 is 5.32 Å². The van der Waals surface area contributed by atoms with Gasteiger partial charge in [0, 0.05) is 11.9 Å². The second kappa shape index (κ2) is 5.75. The van der Waals surface area contributed by atoms with Gasteiger partial charge in [0.15, 0.2) is 17.5 Å². The van der Waals surface area contributed by atoms with Gasteiger partial charge in [-0.15, -0.1) is 0 Å². The summed E-state index contributed by atoms with van der Waals surface area (Å²) >= 11 is 0. The first-order valence-corrected chi connectivity index (χ1v) is 6.82. The predicted molar refractivity (Wildman–Crippen MR) is 77.4 cm³/mol. The lowest BCUT2D eigenvalue weighted by molar-refractivity contribution is 0.0945. The van der Waals surface area contributed by atoms with Crippen molar-refractivity contribution in [3.05, 3.63) is 70.9 Å². The molecule has 3 rings (SSSR count). The Morgan fingerprint density at radius 2 is 1.96 bits per heavy atom. The van der Waals surface area contributed by atoms with Crippen molar-refractivity contribution in [1.82, 2.24) is 14.7 Å². The molecule has 4 nitrogen and oxygen atoms in total. The number of nitrogens with zero attached hydrogens (tertiary/aromatic N) is 2. The van der Waals surface area contributed by atoms with Crippen LogP contribution in [0.1, 0.15) is 21.7 Å².